The molecule has 0 radical (unpaired) electrons. The number of carbonyl (C=O) groups is 2. The zero-order valence-corrected chi connectivity index (χ0v) is 20.6. The molecule has 2 rings (SSSR count). The third kappa shape index (κ3) is 8.60. The average Bonchev–Trinajstić information content (AvgIpc) is 2.70. The largest absolute Gasteiger partial charge is 0.484 e. The minimum atomic E-state index is -0.556. The van der Waals surface area contributed by atoms with E-state index in [2.05, 4.69) is 45.5 Å². The number of nitrogens with one attached hydrogen (secondary N) is 2. The van der Waals surface area contributed by atoms with Gasteiger partial charge in [-0.05, 0) is 47.1 Å². The fraction of sp³-hybridized carbons (Fsp3) is 0.417. The first-order valence-electron chi connectivity index (χ1n) is 10.2. The van der Waals surface area contributed by atoms with E-state index in [1.54, 1.807) is 12.1 Å². The third-order valence-corrected chi connectivity index (χ3v) is 5.12. The van der Waals surface area contributed by atoms with Crippen LogP contribution in [0.3, 0.4) is 0 Å². The van der Waals surface area contributed by atoms with Gasteiger partial charge < -0.3 is 9.47 Å². The van der Waals surface area contributed by atoms with Crippen LogP contribution in [0.4, 0.5) is 0 Å². The van der Waals surface area contributed by atoms with Crippen LogP contribution in [0, 0.1) is 5.41 Å². The van der Waals surface area contributed by atoms with Crippen LogP contribution in [-0.4, -0.2) is 25.0 Å². The normalized spacial score (nSPS) is 11.6. The number of halogens is 2. The first-order chi connectivity index (χ1) is 14.9. The van der Waals surface area contributed by atoms with Crippen molar-refractivity contribution in [1.29, 1.82) is 0 Å². The van der Waals surface area contributed by atoms with Crippen molar-refractivity contribution < 1.29 is 19.1 Å². The molecule has 2 aromatic carbocycles. The van der Waals surface area contributed by atoms with Gasteiger partial charge in [-0.15, -0.1) is 0 Å². The molecule has 6 nitrogen and oxygen atoms in total. The van der Waals surface area contributed by atoms with E-state index in [1.165, 1.54) is 11.6 Å². The number of hydrazine groups is 1. The molecule has 2 amide bonds. The quantitative estimate of drug-likeness (QED) is 0.501. The molecule has 174 valence electrons. The highest BCUT2D eigenvalue weighted by atomic mass is 35.5. The Hall–Kier alpha value is -2.44. The summed E-state index contributed by atoms with van der Waals surface area (Å²) in [5.41, 5.74) is 5.97. The Morgan fingerprint density at radius 3 is 1.97 bits per heavy atom. The van der Waals surface area contributed by atoms with Crippen molar-refractivity contribution in [1.82, 2.24) is 10.9 Å². The number of hydrogen-bond acceptors (Lipinski definition) is 4. The second-order valence-electron chi connectivity index (χ2n) is 9.39. The molecule has 0 aromatic heterocycles. The summed E-state index contributed by atoms with van der Waals surface area (Å²) in [6.45, 7) is 10.5. The summed E-state index contributed by atoms with van der Waals surface area (Å²) < 4.78 is 10.8. The molecule has 0 saturated carbocycles. The van der Waals surface area contributed by atoms with Crippen molar-refractivity contribution in [3.05, 3.63) is 58.1 Å². The SMILES string of the molecule is CC(C)(C)CC(C)(C)c1ccc(OCC(=O)NNC(=O)COc2cc(Cl)ccc2Cl)cc1. The lowest BCUT2D eigenvalue weighted by molar-refractivity contribution is -0.131. The number of benzene rings is 2. The van der Waals surface area contributed by atoms with Gasteiger partial charge in [-0.2, -0.15) is 0 Å². The number of hydrogen-bond donors (Lipinski definition) is 2. The topological polar surface area (TPSA) is 76.7 Å². The number of rotatable bonds is 8. The fourth-order valence-corrected chi connectivity index (χ4v) is 3.86. The van der Waals surface area contributed by atoms with E-state index in [0.717, 1.165) is 6.42 Å². The highest BCUT2D eigenvalue weighted by molar-refractivity contribution is 6.34. The van der Waals surface area contributed by atoms with Crippen LogP contribution in [0.15, 0.2) is 42.5 Å². The van der Waals surface area contributed by atoms with Crippen molar-refractivity contribution in [2.45, 2.75) is 46.5 Å². The van der Waals surface area contributed by atoms with Gasteiger partial charge in [-0.3, -0.25) is 20.4 Å². The summed E-state index contributed by atoms with van der Waals surface area (Å²) >= 11 is 11.8. The number of ether oxygens (including phenoxy) is 2. The standard InChI is InChI=1S/C24H30Cl2N2O4/c1-23(2,3)15-24(4,5)16-6-9-18(10-7-16)31-13-21(29)27-28-22(30)14-32-20-12-17(25)8-11-19(20)26/h6-12H,13-15H2,1-5H3,(H,27,29)(H,28,30). The molecule has 2 aromatic rings. The maximum Gasteiger partial charge on any atom is 0.276 e. The molecule has 0 heterocycles. The molecule has 0 aliphatic heterocycles. The van der Waals surface area contributed by atoms with Crippen molar-refractivity contribution in [2.75, 3.05) is 13.2 Å². The van der Waals surface area contributed by atoms with Crippen LogP contribution in [0.5, 0.6) is 11.5 Å². The van der Waals surface area contributed by atoms with Crippen molar-refractivity contribution in [2.24, 2.45) is 5.41 Å². The van der Waals surface area contributed by atoms with Gasteiger partial charge >= 0.3 is 0 Å². The van der Waals surface area contributed by atoms with Gasteiger partial charge in [0.15, 0.2) is 13.2 Å². The summed E-state index contributed by atoms with van der Waals surface area (Å²) in [5, 5.41) is 0.758. The van der Waals surface area contributed by atoms with Gasteiger partial charge in [0.1, 0.15) is 11.5 Å². The second-order valence-corrected chi connectivity index (χ2v) is 10.2. The molecule has 0 spiro atoms. The van der Waals surface area contributed by atoms with Crippen LogP contribution in [0.25, 0.3) is 0 Å². The van der Waals surface area contributed by atoms with E-state index in [0.29, 0.717) is 15.8 Å². The van der Waals surface area contributed by atoms with Gasteiger partial charge in [0, 0.05) is 11.1 Å². The molecule has 0 unspecified atom stereocenters. The van der Waals surface area contributed by atoms with E-state index >= 15 is 0 Å². The molecule has 0 aliphatic carbocycles. The predicted octanol–water partition coefficient (Wildman–Crippen LogP) is 5.31. The average molecular weight is 481 g/mol. The van der Waals surface area contributed by atoms with Gasteiger partial charge in [0.2, 0.25) is 0 Å². The lowest BCUT2D eigenvalue weighted by atomic mass is 9.72. The zero-order chi connectivity index (χ0) is 23.9. The van der Waals surface area contributed by atoms with Gasteiger partial charge in [0.25, 0.3) is 11.8 Å². The van der Waals surface area contributed by atoms with Crippen molar-refractivity contribution >= 4 is 35.0 Å². The Bertz CT molecular complexity index is 938. The van der Waals surface area contributed by atoms with Crippen molar-refractivity contribution in [3.8, 4) is 11.5 Å². The van der Waals surface area contributed by atoms with Crippen LogP contribution in [-0.2, 0) is 15.0 Å². The first kappa shape index (κ1) is 25.8. The molecule has 0 fully saturated rings. The van der Waals surface area contributed by atoms with Gasteiger partial charge in [-0.25, -0.2) is 0 Å². The van der Waals surface area contributed by atoms with E-state index in [1.807, 2.05) is 24.3 Å². The number of carbonyl (C=O) groups excluding carboxylic acids is 2. The Morgan fingerprint density at radius 1 is 0.844 bits per heavy atom. The fourth-order valence-electron chi connectivity index (χ4n) is 3.52. The maximum absolute atomic E-state index is 11.9. The second kappa shape index (κ2) is 10.9. The van der Waals surface area contributed by atoms with Crippen LogP contribution >= 0.6 is 23.2 Å². The summed E-state index contributed by atoms with van der Waals surface area (Å²) in [7, 11) is 0. The monoisotopic (exact) mass is 480 g/mol. The Labute approximate surface area is 199 Å². The van der Waals surface area contributed by atoms with E-state index in [9.17, 15) is 9.59 Å². The summed E-state index contributed by atoms with van der Waals surface area (Å²) in [4.78, 5) is 23.8. The molecule has 32 heavy (non-hydrogen) atoms. The first-order valence-corrected chi connectivity index (χ1v) is 11.0. The van der Waals surface area contributed by atoms with E-state index in [4.69, 9.17) is 32.7 Å². The van der Waals surface area contributed by atoms with Gasteiger partial charge in [0.05, 0.1) is 5.02 Å². The molecule has 2 N–H and O–H groups in total. The zero-order valence-electron chi connectivity index (χ0n) is 19.1. The Balaban J connectivity index is 1.75. The lowest BCUT2D eigenvalue weighted by Crippen LogP contribution is -2.45. The molecule has 0 aliphatic rings. The molecular weight excluding hydrogens is 451 g/mol. The smallest absolute Gasteiger partial charge is 0.276 e. The minimum Gasteiger partial charge on any atom is -0.484 e. The maximum atomic E-state index is 11.9. The van der Waals surface area contributed by atoms with E-state index in [-0.39, 0.29) is 29.8 Å². The lowest BCUT2D eigenvalue weighted by Gasteiger charge is -2.33. The predicted molar refractivity (Wildman–Crippen MR) is 127 cm³/mol. The van der Waals surface area contributed by atoms with Crippen molar-refractivity contribution in [3.63, 3.8) is 0 Å². The Kier molecular flexibility index (Phi) is 8.81. The Morgan fingerprint density at radius 2 is 1.41 bits per heavy atom. The number of amides is 2. The third-order valence-electron chi connectivity index (χ3n) is 4.57. The highest BCUT2D eigenvalue weighted by Gasteiger charge is 2.27. The molecule has 0 saturated heterocycles. The summed E-state index contributed by atoms with van der Waals surface area (Å²) in [6, 6.07) is 12.4. The minimum absolute atomic E-state index is 0.0236. The summed E-state index contributed by atoms with van der Waals surface area (Å²) in [6.07, 6.45) is 1.04. The van der Waals surface area contributed by atoms with E-state index < -0.39 is 11.8 Å². The van der Waals surface area contributed by atoms with Crippen LogP contribution in [0.1, 0.15) is 46.6 Å². The summed E-state index contributed by atoms with van der Waals surface area (Å²) in [5.74, 6) is -0.213. The van der Waals surface area contributed by atoms with Crippen LogP contribution in [0.2, 0.25) is 10.0 Å². The molecule has 0 bridgehead atoms. The molecule has 0 atom stereocenters. The molecular formula is C24H30Cl2N2O4. The van der Waals surface area contributed by atoms with Gasteiger partial charge in [-0.1, -0.05) is 70.0 Å². The van der Waals surface area contributed by atoms with Crippen LogP contribution < -0.4 is 20.3 Å². The molecule has 8 heteroatoms. The highest BCUT2D eigenvalue weighted by Crippen LogP contribution is 2.36.